The molecule has 5 heteroatoms. The average molecular weight is 341 g/mol. The molecule has 0 aliphatic rings. The summed E-state index contributed by atoms with van der Waals surface area (Å²) in [6, 6.07) is 4.07. The zero-order valence-electron chi connectivity index (χ0n) is 12.2. The molecule has 0 N–H and O–H groups in total. The minimum Gasteiger partial charge on any atom is -0.412 e. The maximum Gasteiger partial charge on any atom is 0.192 e. The molecule has 0 spiro atoms. The zero-order chi connectivity index (χ0) is 14.3. The van der Waals surface area contributed by atoms with Gasteiger partial charge in [-0.1, -0.05) is 36.7 Å². The van der Waals surface area contributed by atoms with Crippen molar-refractivity contribution in [2.75, 3.05) is 0 Å². The highest BCUT2D eigenvalue weighted by atomic mass is 79.9. The molecule has 3 nitrogen and oxygen atoms in total. The molecule has 0 bridgehead atoms. The zero-order valence-corrected chi connectivity index (χ0v) is 14.8. The van der Waals surface area contributed by atoms with Crippen molar-refractivity contribution in [3.63, 3.8) is 0 Å². The number of aromatic nitrogens is 2. The van der Waals surface area contributed by atoms with E-state index in [-0.39, 0.29) is 5.04 Å². The number of rotatable bonds is 3. The Bertz CT molecular complexity index is 587. The predicted octanol–water partition coefficient (Wildman–Crippen LogP) is 4.62. The van der Waals surface area contributed by atoms with E-state index in [9.17, 15) is 0 Å². The number of halogens is 1. The molecule has 104 valence electrons. The number of pyridine rings is 1. The fourth-order valence-electron chi connectivity index (χ4n) is 1.59. The summed E-state index contributed by atoms with van der Waals surface area (Å²) in [4.78, 5) is 0. The van der Waals surface area contributed by atoms with Gasteiger partial charge in [0.2, 0.25) is 0 Å². The predicted molar refractivity (Wildman–Crippen MR) is 84.9 cm³/mol. The van der Waals surface area contributed by atoms with Gasteiger partial charge >= 0.3 is 0 Å². The fraction of sp³-hybridized carbons (Fsp3) is 0.500. The van der Waals surface area contributed by atoms with E-state index in [0.717, 1.165) is 15.6 Å². The van der Waals surface area contributed by atoms with Gasteiger partial charge in [0.15, 0.2) is 8.32 Å². The van der Waals surface area contributed by atoms with Crippen LogP contribution in [0.2, 0.25) is 18.1 Å². The number of hydrogen-bond acceptors (Lipinski definition) is 2. The van der Waals surface area contributed by atoms with Crippen LogP contribution in [0.3, 0.4) is 0 Å². The first-order valence-electron chi connectivity index (χ1n) is 6.46. The van der Waals surface area contributed by atoms with Crippen LogP contribution in [0.15, 0.2) is 29.0 Å². The Balaban J connectivity index is 2.21. The topological polar surface area (TPSA) is 26.5 Å². The molecule has 0 radical (unpaired) electrons. The van der Waals surface area contributed by atoms with Crippen LogP contribution in [0.4, 0.5) is 0 Å². The van der Waals surface area contributed by atoms with Gasteiger partial charge in [0.05, 0.1) is 18.3 Å². The van der Waals surface area contributed by atoms with E-state index in [2.05, 4.69) is 61.0 Å². The molecule has 0 aliphatic carbocycles. The second kappa shape index (κ2) is 5.03. The lowest BCUT2D eigenvalue weighted by Crippen LogP contribution is -2.40. The van der Waals surface area contributed by atoms with Crippen molar-refractivity contribution in [3.8, 4) is 0 Å². The Morgan fingerprint density at radius 1 is 1.37 bits per heavy atom. The second-order valence-electron chi connectivity index (χ2n) is 6.39. The summed E-state index contributed by atoms with van der Waals surface area (Å²) in [5.74, 6) is 0. The molecule has 2 heterocycles. The van der Waals surface area contributed by atoms with Crippen molar-refractivity contribution in [1.82, 2.24) is 9.61 Å². The smallest absolute Gasteiger partial charge is 0.192 e. The van der Waals surface area contributed by atoms with Crippen molar-refractivity contribution >= 4 is 29.8 Å². The summed E-state index contributed by atoms with van der Waals surface area (Å²) in [6.07, 6.45) is 3.85. The quantitative estimate of drug-likeness (QED) is 0.762. The summed E-state index contributed by atoms with van der Waals surface area (Å²) < 4.78 is 9.20. The van der Waals surface area contributed by atoms with Crippen LogP contribution in [0, 0.1) is 0 Å². The highest BCUT2D eigenvalue weighted by Gasteiger charge is 2.37. The second-order valence-corrected chi connectivity index (χ2v) is 12.1. The molecule has 0 aromatic carbocycles. The van der Waals surface area contributed by atoms with Crippen LogP contribution in [0.25, 0.3) is 5.52 Å². The largest absolute Gasteiger partial charge is 0.412 e. The van der Waals surface area contributed by atoms with Crippen LogP contribution in [-0.4, -0.2) is 17.9 Å². The first-order chi connectivity index (χ1) is 8.71. The average Bonchev–Trinajstić information content (AvgIpc) is 2.67. The van der Waals surface area contributed by atoms with Crippen LogP contribution in [0.5, 0.6) is 0 Å². The third-order valence-corrected chi connectivity index (χ3v) is 8.93. The normalized spacial score (nSPS) is 13.2. The Labute approximate surface area is 124 Å². The highest BCUT2D eigenvalue weighted by molar-refractivity contribution is 9.10. The lowest BCUT2D eigenvalue weighted by atomic mass is 10.2. The van der Waals surface area contributed by atoms with Crippen molar-refractivity contribution in [2.24, 2.45) is 0 Å². The van der Waals surface area contributed by atoms with E-state index in [1.807, 2.05) is 23.0 Å². The molecule has 2 aromatic heterocycles. The van der Waals surface area contributed by atoms with E-state index in [1.54, 1.807) is 0 Å². The van der Waals surface area contributed by atoms with Crippen LogP contribution >= 0.6 is 15.9 Å². The van der Waals surface area contributed by atoms with Crippen LogP contribution in [-0.2, 0) is 11.0 Å². The van der Waals surface area contributed by atoms with Gasteiger partial charge in [0.1, 0.15) is 0 Å². The van der Waals surface area contributed by atoms with Gasteiger partial charge in [-0.25, -0.2) is 4.52 Å². The molecule has 0 amide bonds. The lowest BCUT2D eigenvalue weighted by molar-refractivity contribution is 0.277. The van der Waals surface area contributed by atoms with Gasteiger partial charge in [-0.3, -0.25) is 0 Å². The third-order valence-electron chi connectivity index (χ3n) is 3.96. The molecule has 2 aromatic rings. The molecular weight excluding hydrogens is 320 g/mol. The number of hydrogen-bond donors (Lipinski definition) is 0. The standard InChI is InChI=1S/C14H21BrN2OSi/c1-14(2,3)19(4,5)18-10-11-9-16-17-7-6-12(15)8-13(11)17/h6-9H,10H2,1-5H3. The Morgan fingerprint density at radius 3 is 2.68 bits per heavy atom. The van der Waals surface area contributed by atoms with E-state index in [1.165, 1.54) is 0 Å². The molecular formula is C14H21BrN2OSi. The maximum atomic E-state index is 6.26. The maximum absolute atomic E-state index is 6.26. The molecule has 0 fully saturated rings. The summed E-state index contributed by atoms with van der Waals surface area (Å²) in [6.45, 7) is 11.9. The van der Waals surface area contributed by atoms with Gasteiger partial charge < -0.3 is 4.43 Å². The monoisotopic (exact) mass is 340 g/mol. The molecule has 19 heavy (non-hydrogen) atoms. The van der Waals surface area contributed by atoms with Gasteiger partial charge in [0, 0.05) is 16.2 Å². The highest BCUT2D eigenvalue weighted by Crippen LogP contribution is 2.37. The summed E-state index contributed by atoms with van der Waals surface area (Å²) in [5, 5.41) is 4.59. The summed E-state index contributed by atoms with van der Waals surface area (Å²) >= 11 is 3.50. The third kappa shape index (κ3) is 3.09. The van der Waals surface area contributed by atoms with E-state index in [0.29, 0.717) is 6.61 Å². The van der Waals surface area contributed by atoms with Crippen molar-refractivity contribution in [2.45, 2.75) is 45.5 Å². The Morgan fingerprint density at radius 2 is 2.05 bits per heavy atom. The van der Waals surface area contributed by atoms with Crippen molar-refractivity contribution in [3.05, 3.63) is 34.6 Å². The molecule has 0 atom stereocenters. The van der Waals surface area contributed by atoms with Crippen molar-refractivity contribution < 1.29 is 4.43 Å². The SMILES string of the molecule is CC(C)(C)[Si](C)(C)OCc1cnn2ccc(Br)cc12. The van der Waals surface area contributed by atoms with Crippen LogP contribution < -0.4 is 0 Å². The molecule has 0 saturated carbocycles. The van der Waals surface area contributed by atoms with E-state index < -0.39 is 8.32 Å². The van der Waals surface area contributed by atoms with Gasteiger partial charge in [-0.15, -0.1) is 0 Å². The van der Waals surface area contributed by atoms with E-state index >= 15 is 0 Å². The molecule has 2 rings (SSSR count). The molecule has 0 unspecified atom stereocenters. The van der Waals surface area contributed by atoms with Gasteiger partial charge in [-0.2, -0.15) is 5.10 Å². The lowest BCUT2D eigenvalue weighted by Gasteiger charge is -2.36. The first kappa shape index (κ1) is 14.7. The number of nitrogens with zero attached hydrogens (tertiary/aromatic N) is 2. The number of fused-ring (bicyclic) bond motifs is 1. The summed E-state index contributed by atoms with van der Waals surface area (Å²) in [5.41, 5.74) is 2.25. The Hall–Kier alpha value is -0.653. The minimum absolute atomic E-state index is 0.233. The van der Waals surface area contributed by atoms with Gasteiger partial charge in [0.25, 0.3) is 0 Å². The fourth-order valence-corrected chi connectivity index (χ4v) is 2.88. The van der Waals surface area contributed by atoms with E-state index in [4.69, 9.17) is 4.43 Å². The Kier molecular flexibility index (Phi) is 3.91. The minimum atomic E-state index is -1.71. The van der Waals surface area contributed by atoms with Crippen LogP contribution in [0.1, 0.15) is 26.3 Å². The molecule has 0 saturated heterocycles. The first-order valence-corrected chi connectivity index (χ1v) is 10.2. The summed E-state index contributed by atoms with van der Waals surface area (Å²) in [7, 11) is -1.71. The van der Waals surface area contributed by atoms with Gasteiger partial charge in [-0.05, 0) is 30.3 Å². The van der Waals surface area contributed by atoms with Crippen molar-refractivity contribution in [1.29, 1.82) is 0 Å². The molecule has 0 aliphatic heterocycles.